The Morgan fingerprint density at radius 1 is 0.649 bits per heavy atom. The number of unbranched alkanes of at least 4 members (excludes halogenated alkanes) is 15. The van der Waals surface area contributed by atoms with Gasteiger partial charge in [-0.1, -0.05) is 151 Å². The van der Waals surface area contributed by atoms with Crippen molar-refractivity contribution in [2.75, 3.05) is 0 Å². The van der Waals surface area contributed by atoms with E-state index in [-0.39, 0.29) is 10.8 Å². The number of benzene rings is 1. The summed E-state index contributed by atoms with van der Waals surface area (Å²) in [5.74, 6) is 0.473. The lowest BCUT2D eigenvalue weighted by Gasteiger charge is -2.31. The molecule has 0 radical (unpaired) electrons. The molecule has 0 spiro atoms. The number of carbonyl (C=O) groups is 1. The van der Waals surface area contributed by atoms with Crippen molar-refractivity contribution in [1.29, 1.82) is 0 Å². The zero-order valence-electron chi connectivity index (χ0n) is 25.9. The van der Waals surface area contributed by atoms with Crippen LogP contribution in [0.4, 0.5) is 0 Å². The lowest BCUT2D eigenvalue weighted by molar-refractivity contribution is -0.107. The fourth-order valence-electron chi connectivity index (χ4n) is 5.72. The van der Waals surface area contributed by atoms with Gasteiger partial charge >= 0.3 is 0 Å². The van der Waals surface area contributed by atoms with E-state index in [1.54, 1.807) is 0 Å². The third-order valence-electron chi connectivity index (χ3n) is 7.87. The van der Waals surface area contributed by atoms with Crippen molar-refractivity contribution in [2.45, 2.75) is 181 Å². The molecule has 0 unspecified atom stereocenters. The average Bonchev–Trinajstić information content (AvgIpc) is 2.81. The highest BCUT2D eigenvalue weighted by molar-refractivity contribution is 5.57. The van der Waals surface area contributed by atoms with Crippen LogP contribution in [0.15, 0.2) is 6.07 Å². The smallest absolute Gasteiger partial charge is 0.123 e. The first-order chi connectivity index (χ1) is 17.5. The number of hydrogen-bond acceptors (Lipinski definition) is 2. The molecule has 0 atom stereocenters. The maximum atomic E-state index is 11.4. The lowest BCUT2D eigenvalue weighted by Crippen LogP contribution is -2.21. The SMILES string of the molecule is CCCCCCCCCCCCCCCCCCc1c(CCC=O)cc(C(C)(C)C)c(O)c1C(C)(C)C. The number of rotatable bonds is 20. The van der Waals surface area contributed by atoms with E-state index in [9.17, 15) is 9.90 Å². The molecule has 0 bridgehead atoms. The standard InChI is InChI=1S/C35H62O2/c1-8-9-10-11-12-13-14-15-16-17-18-19-20-21-22-23-26-30-29(25-24-27-36)28-31(34(2,3)4)33(37)32(30)35(5,6)7/h27-28,37H,8-26H2,1-7H3. The van der Waals surface area contributed by atoms with Gasteiger partial charge in [0.25, 0.3) is 0 Å². The number of carbonyl (C=O) groups excluding carboxylic acids is 1. The third kappa shape index (κ3) is 13.4. The van der Waals surface area contributed by atoms with Crippen LogP contribution >= 0.6 is 0 Å². The summed E-state index contributed by atoms with van der Waals surface area (Å²) < 4.78 is 0. The Labute approximate surface area is 231 Å². The van der Waals surface area contributed by atoms with Crippen molar-refractivity contribution >= 4 is 6.29 Å². The van der Waals surface area contributed by atoms with Crippen molar-refractivity contribution in [3.63, 3.8) is 0 Å². The molecule has 1 aromatic carbocycles. The molecular weight excluding hydrogens is 452 g/mol. The summed E-state index contributed by atoms with van der Waals surface area (Å²) in [5.41, 5.74) is 4.40. The van der Waals surface area contributed by atoms with Gasteiger partial charge in [0.1, 0.15) is 12.0 Å². The third-order valence-corrected chi connectivity index (χ3v) is 7.87. The van der Waals surface area contributed by atoms with Crippen molar-refractivity contribution in [3.05, 3.63) is 28.3 Å². The summed E-state index contributed by atoms with van der Waals surface area (Å²) in [6.45, 7) is 15.4. The second-order valence-corrected chi connectivity index (χ2v) is 13.5. The first-order valence-electron chi connectivity index (χ1n) is 15.9. The molecule has 0 amide bonds. The Kier molecular flexibility index (Phi) is 16.5. The van der Waals surface area contributed by atoms with E-state index < -0.39 is 0 Å². The Morgan fingerprint density at radius 3 is 1.46 bits per heavy atom. The van der Waals surface area contributed by atoms with E-state index in [1.165, 1.54) is 107 Å². The molecule has 0 saturated heterocycles. The van der Waals surface area contributed by atoms with E-state index in [0.29, 0.717) is 12.2 Å². The number of aromatic hydroxyl groups is 1. The fourth-order valence-corrected chi connectivity index (χ4v) is 5.72. The molecular formula is C35H62O2. The molecule has 2 heteroatoms. The second-order valence-electron chi connectivity index (χ2n) is 13.5. The van der Waals surface area contributed by atoms with E-state index in [2.05, 4.69) is 54.5 Å². The average molecular weight is 515 g/mol. The van der Waals surface area contributed by atoms with Crippen molar-refractivity contribution < 1.29 is 9.90 Å². The summed E-state index contributed by atoms with van der Waals surface area (Å²) in [5, 5.41) is 11.4. The molecule has 1 aromatic rings. The van der Waals surface area contributed by atoms with Crippen molar-refractivity contribution in [2.24, 2.45) is 0 Å². The number of phenols is 1. The first-order valence-corrected chi connectivity index (χ1v) is 15.9. The summed E-state index contributed by atoms with van der Waals surface area (Å²) >= 11 is 0. The molecule has 0 aliphatic rings. The van der Waals surface area contributed by atoms with Crippen LogP contribution in [0.2, 0.25) is 0 Å². The molecule has 0 aliphatic carbocycles. The van der Waals surface area contributed by atoms with Gasteiger partial charge in [0, 0.05) is 12.0 Å². The molecule has 2 nitrogen and oxygen atoms in total. The van der Waals surface area contributed by atoms with Crippen LogP contribution in [0.3, 0.4) is 0 Å². The number of hydrogen-bond donors (Lipinski definition) is 1. The quantitative estimate of drug-likeness (QED) is 0.139. The van der Waals surface area contributed by atoms with Gasteiger partial charge < -0.3 is 9.90 Å². The number of aryl methyl sites for hydroxylation is 1. The molecule has 0 saturated carbocycles. The predicted octanol–water partition coefficient (Wildman–Crippen LogP) is 10.9. The van der Waals surface area contributed by atoms with Gasteiger partial charge in [0.05, 0.1) is 0 Å². The highest BCUT2D eigenvalue weighted by Gasteiger charge is 2.30. The van der Waals surface area contributed by atoms with Gasteiger partial charge in [-0.05, 0) is 46.8 Å². The van der Waals surface area contributed by atoms with Gasteiger partial charge in [-0.2, -0.15) is 0 Å². The highest BCUT2D eigenvalue weighted by atomic mass is 16.3. The summed E-state index contributed by atoms with van der Waals surface area (Å²) in [7, 11) is 0. The maximum Gasteiger partial charge on any atom is 0.123 e. The molecule has 37 heavy (non-hydrogen) atoms. The molecule has 1 N–H and O–H groups in total. The minimum atomic E-state index is -0.133. The van der Waals surface area contributed by atoms with Gasteiger partial charge in [-0.3, -0.25) is 0 Å². The molecule has 1 rings (SSSR count). The number of phenolic OH excluding ortho intramolecular Hbond substituents is 1. The molecule has 0 fully saturated rings. The number of aldehydes is 1. The van der Waals surface area contributed by atoms with E-state index in [0.717, 1.165) is 36.7 Å². The van der Waals surface area contributed by atoms with Crippen LogP contribution in [-0.4, -0.2) is 11.4 Å². The van der Waals surface area contributed by atoms with Crippen LogP contribution in [0.1, 0.15) is 180 Å². The molecule has 0 aromatic heterocycles. The lowest BCUT2D eigenvalue weighted by atomic mass is 9.74. The first kappa shape index (κ1) is 33.7. The van der Waals surface area contributed by atoms with Crippen LogP contribution in [0, 0.1) is 0 Å². The Balaban J connectivity index is 2.47. The summed E-state index contributed by atoms with van der Waals surface area (Å²) in [6.07, 6.45) is 25.3. The van der Waals surface area contributed by atoms with Gasteiger partial charge in [-0.15, -0.1) is 0 Å². The topological polar surface area (TPSA) is 37.3 Å². The van der Waals surface area contributed by atoms with E-state index >= 15 is 0 Å². The predicted molar refractivity (Wildman–Crippen MR) is 163 cm³/mol. The zero-order chi connectivity index (χ0) is 27.7. The fraction of sp³-hybridized carbons (Fsp3) is 0.800. The molecule has 0 heterocycles. The van der Waals surface area contributed by atoms with Gasteiger partial charge in [0.15, 0.2) is 0 Å². The summed E-state index contributed by atoms with van der Waals surface area (Å²) in [6, 6.07) is 2.19. The zero-order valence-corrected chi connectivity index (χ0v) is 25.9. The van der Waals surface area contributed by atoms with Crippen molar-refractivity contribution in [1.82, 2.24) is 0 Å². The second kappa shape index (κ2) is 18.1. The van der Waals surface area contributed by atoms with Crippen LogP contribution < -0.4 is 0 Å². The Bertz CT molecular complexity index is 748. The monoisotopic (exact) mass is 514 g/mol. The summed E-state index contributed by atoms with van der Waals surface area (Å²) in [4.78, 5) is 11.2. The van der Waals surface area contributed by atoms with E-state index in [1.807, 2.05) is 0 Å². The Morgan fingerprint density at radius 2 is 1.08 bits per heavy atom. The van der Waals surface area contributed by atoms with Gasteiger partial charge in [-0.25, -0.2) is 0 Å². The van der Waals surface area contributed by atoms with E-state index in [4.69, 9.17) is 0 Å². The minimum Gasteiger partial charge on any atom is -0.507 e. The van der Waals surface area contributed by atoms with Crippen LogP contribution in [0.5, 0.6) is 5.75 Å². The van der Waals surface area contributed by atoms with Gasteiger partial charge in [0.2, 0.25) is 0 Å². The normalized spacial score (nSPS) is 12.3. The van der Waals surface area contributed by atoms with Crippen LogP contribution in [-0.2, 0) is 28.5 Å². The van der Waals surface area contributed by atoms with Crippen molar-refractivity contribution in [3.8, 4) is 5.75 Å². The minimum absolute atomic E-state index is 0.132. The molecule has 0 aliphatic heterocycles. The largest absolute Gasteiger partial charge is 0.507 e. The molecule has 214 valence electrons. The Hall–Kier alpha value is -1.31. The highest BCUT2D eigenvalue weighted by Crippen LogP contribution is 2.43. The maximum absolute atomic E-state index is 11.4. The van der Waals surface area contributed by atoms with Crippen LogP contribution in [0.25, 0.3) is 0 Å².